The molecule has 0 aliphatic rings. The number of para-hydroxylation sites is 1. The van der Waals surface area contributed by atoms with Gasteiger partial charge in [-0.3, -0.25) is 9.79 Å². The molecule has 2 rings (SSSR count). The van der Waals surface area contributed by atoms with E-state index in [-0.39, 0.29) is 12.3 Å². The molecular formula is C18H21N3O. The Morgan fingerprint density at radius 2 is 1.68 bits per heavy atom. The fraction of sp³-hybridized carbons (Fsp3) is 0.222. The monoisotopic (exact) mass is 295 g/mol. The van der Waals surface area contributed by atoms with Gasteiger partial charge in [-0.25, -0.2) is 0 Å². The van der Waals surface area contributed by atoms with E-state index < -0.39 is 0 Å². The van der Waals surface area contributed by atoms with E-state index in [1.807, 2.05) is 80.5 Å². The van der Waals surface area contributed by atoms with E-state index in [1.54, 1.807) is 0 Å². The van der Waals surface area contributed by atoms with Gasteiger partial charge in [0.1, 0.15) is 0 Å². The summed E-state index contributed by atoms with van der Waals surface area (Å²) < 4.78 is 0. The van der Waals surface area contributed by atoms with Crippen LogP contribution in [-0.2, 0) is 4.79 Å². The average Bonchev–Trinajstić information content (AvgIpc) is 2.48. The van der Waals surface area contributed by atoms with Crippen molar-refractivity contribution >= 4 is 28.7 Å². The first kappa shape index (κ1) is 15.8. The molecule has 0 heterocycles. The summed E-state index contributed by atoms with van der Waals surface area (Å²) in [6, 6.07) is 17.4. The van der Waals surface area contributed by atoms with Crippen LogP contribution in [0, 0.1) is 0 Å². The SMILES string of the molecule is CC(CC(=O)Nc1ccccc1)=Nc1ccc(N(C)C)cc1. The quantitative estimate of drug-likeness (QED) is 0.851. The second-order valence-corrected chi connectivity index (χ2v) is 5.35. The van der Waals surface area contributed by atoms with Gasteiger partial charge in [-0.1, -0.05) is 18.2 Å². The van der Waals surface area contributed by atoms with Crippen molar-refractivity contribution in [3.05, 3.63) is 54.6 Å². The normalized spacial score (nSPS) is 11.1. The van der Waals surface area contributed by atoms with E-state index in [2.05, 4.69) is 10.3 Å². The summed E-state index contributed by atoms with van der Waals surface area (Å²) in [5.74, 6) is -0.0580. The van der Waals surface area contributed by atoms with E-state index in [0.717, 1.165) is 22.8 Å². The summed E-state index contributed by atoms with van der Waals surface area (Å²) in [5.41, 5.74) is 3.57. The third kappa shape index (κ3) is 4.74. The van der Waals surface area contributed by atoms with Gasteiger partial charge in [-0.05, 0) is 43.3 Å². The highest BCUT2D eigenvalue weighted by molar-refractivity contribution is 6.06. The maximum absolute atomic E-state index is 12.0. The lowest BCUT2D eigenvalue weighted by atomic mass is 10.2. The van der Waals surface area contributed by atoms with Crippen LogP contribution in [0.25, 0.3) is 0 Å². The summed E-state index contributed by atoms with van der Waals surface area (Å²) in [7, 11) is 3.99. The predicted molar refractivity (Wildman–Crippen MR) is 93.2 cm³/mol. The van der Waals surface area contributed by atoms with E-state index in [4.69, 9.17) is 0 Å². The molecule has 114 valence electrons. The average molecular weight is 295 g/mol. The molecule has 0 aromatic heterocycles. The van der Waals surface area contributed by atoms with Crippen molar-refractivity contribution < 1.29 is 4.79 Å². The van der Waals surface area contributed by atoms with Crippen molar-refractivity contribution in [1.82, 2.24) is 0 Å². The van der Waals surface area contributed by atoms with Crippen LogP contribution in [0.1, 0.15) is 13.3 Å². The van der Waals surface area contributed by atoms with Crippen molar-refractivity contribution in [2.75, 3.05) is 24.3 Å². The lowest BCUT2D eigenvalue weighted by Crippen LogP contribution is -2.14. The van der Waals surface area contributed by atoms with Gasteiger partial charge in [-0.15, -0.1) is 0 Å². The number of nitrogens with one attached hydrogen (secondary N) is 1. The molecule has 0 unspecified atom stereocenters. The van der Waals surface area contributed by atoms with Gasteiger partial charge in [0.15, 0.2) is 0 Å². The molecular weight excluding hydrogens is 274 g/mol. The number of hydrogen-bond acceptors (Lipinski definition) is 3. The fourth-order valence-electron chi connectivity index (χ4n) is 2.04. The molecule has 4 nitrogen and oxygen atoms in total. The molecule has 0 bridgehead atoms. The van der Waals surface area contributed by atoms with Crippen LogP contribution >= 0.6 is 0 Å². The highest BCUT2D eigenvalue weighted by atomic mass is 16.1. The second-order valence-electron chi connectivity index (χ2n) is 5.35. The topological polar surface area (TPSA) is 44.7 Å². The Morgan fingerprint density at radius 3 is 2.27 bits per heavy atom. The summed E-state index contributed by atoms with van der Waals surface area (Å²) in [6.45, 7) is 1.87. The standard InChI is InChI=1S/C18H21N3O/c1-14(13-18(22)20-15-7-5-4-6-8-15)19-16-9-11-17(12-10-16)21(2)3/h4-12H,13H2,1-3H3,(H,20,22). The number of amides is 1. The number of rotatable bonds is 5. The fourth-order valence-corrected chi connectivity index (χ4v) is 2.04. The van der Waals surface area contributed by atoms with Crippen molar-refractivity contribution in [3.63, 3.8) is 0 Å². The Labute approximate surface area is 131 Å². The van der Waals surface area contributed by atoms with Gasteiger partial charge in [0.2, 0.25) is 5.91 Å². The van der Waals surface area contributed by atoms with Crippen LogP contribution < -0.4 is 10.2 Å². The smallest absolute Gasteiger partial charge is 0.230 e. The predicted octanol–water partition coefficient (Wildman–Crippen LogP) is 3.87. The molecule has 2 aromatic rings. The van der Waals surface area contributed by atoms with Crippen LogP contribution in [0.3, 0.4) is 0 Å². The minimum absolute atomic E-state index is 0.0580. The maximum Gasteiger partial charge on any atom is 0.230 e. The molecule has 2 aromatic carbocycles. The van der Waals surface area contributed by atoms with E-state index in [9.17, 15) is 4.79 Å². The first-order chi connectivity index (χ1) is 10.5. The summed E-state index contributed by atoms with van der Waals surface area (Å²) in [5, 5.41) is 2.86. The molecule has 1 amide bonds. The van der Waals surface area contributed by atoms with Crippen LogP contribution in [0.5, 0.6) is 0 Å². The van der Waals surface area contributed by atoms with Crippen molar-refractivity contribution in [1.29, 1.82) is 0 Å². The molecule has 0 aliphatic carbocycles. The number of aliphatic imine (C=N–C) groups is 1. The van der Waals surface area contributed by atoms with E-state index >= 15 is 0 Å². The van der Waals surface area contributed by atoms with Crippen LogP contribution in [0.2, 0.25) is 0 Å². The minimum Gasteiger partial charge on any atom is -0.378 e. The van der Waals surface area contributed by atoms with Gasteiger partial charge in [0.05, 0.1) is 12.1 Å². The number of carbonyl (C=O) groups excluding carboxylic acids is 1. The number of nitrogens with zero attached hydrogens (tertiary/aromatic N) is 2. The highest BCUT2D eigenvalue weighted by Gasteiger charge is 2.04. The van der Waals surface area contributed by atoms with Crippen LogP contribution in [0.15, 0.2) is 59.6 Å². The van der Waals surface area contributed by atoms with Crippen molar-refractivity contribution in [2.24, 2.45) is 4.99 Å². The lowest BCUT2D eigenvalue weighted by Gasteiger charge is -2.11. The van der Waals surface area contributed by atoms with E-state index in [1.165, 1.54) is 0 Å². The Hall–Kier alpha value is -2.62. The zero-order valence-electron chi connectivity index (χ0n) is 13.2. The first-order valence-electron chi connectivity index (χ1n) is 7.21. The van der Waals surface area contributed by atoms with Crippen molar-refractivity contribution in [2.45, 2.75) is 13.3 Å². The summed E-state index contributed by atoms with van der Waals surface area (Å²) in [4.78, 5) is 18.5. The van der Waals surface area contributed by atoms with Gasteiger partial charge in [-0.2, -0.15) is 0 Å². The number of hydrogen-bond donors (Lipinski definition) is 1. The third-order valence-electron chi connectivity index (χ3n) is 3.16. The van der Waals surface area contributed by atoms with Crippen LogP contribution in [0.4, 0.5) is 17.1 Å². The molecule has 0 atom stereocenters. The Bertz CT molecular complexity index is 646. The molecule has 0 radical (unpaired) electrons. The Morgan fingerprint density at radius 1 is 1.05 bits per heavy atom. The highest BCUT2D eigenvalue weighted by Crippen LogP contribution is 2.18. The molecule has 1 N–H and O–H groups in total. The maximum atomic E-state index is 12.0. The molecule has 0 saturated carbocycles. The van der Waals surface area contributed by atoms with Gasteiger partial charge < -0.3 is 10.2 Å². The lowest BCUT2D eigenvalue weighted by molar-refractivity contribution is -0.115. The summed E-state index contributed by atoms with van der Waals surface area (Å²) >= 11 is 0. The Kier molecular flexibility index (Phi) is 5.31. The number of carbonyl (C=O) groups is 1. The zero-order valence-corrected chi connectivity index (χ0v) is 13.2. The second kappa shape index (κ2) is 7.41. The third-order valence-corrected chi connectivity index (χ3v) is 3.16. The van der Waals surface area contributed by atoms with E-state index in [0.29, 0.717) is 0 Å². The molecule has 0 saturated heterocycles. The van der Waals surface area contributed by atoms with Gasteiger partial charge >= 0.3 is 0 Å². The van der Waals surface area contributed by atoms with Gasteiger partial charge in [0, 0.05) is 31.2 Å². The largest absolute Gasteiger partial charge is 0.378 e. The number of benzene rings is 2. The molecule has 0 aliphatic heterocycles. The molecule has 4 heteroatoms. The minimum atomic E-state index is -0.0580. The summed E-state index contributed by atoms with van der Waals surface area (Å²) in [6.07, 6.45) is 0.282. The molecule has 22 heavy (non-hydrogen) atoms. The Balaban J connectivity index is 1.95. The zero-order chi connectivity index (χ0) is 15.9. The van der Waals surface area contributed by atoms with Crippen molar-refractivity contribution in [3.8, 4) is 0 Å². The van der Waals surface area contributed by atoms with Gasteiger partial charge in [0.25, 0.3) is 0 Å². The van der Waals surface area contributed by atoms with Crippen LogP contribution in [-0.4, -0.2) is 25.7 Å². The molecule has 0 fully saturated rings. The molecule has 0 spiro atoms. The first-order valence-corrected chi connectivity index (χ1v) is 7.21. The number of anilines is 2.